The third-order valence-corrected chi connectivity index (χ3v) is 3.21. The van der Waals surface area contributed by atoms with E-state index in [1.165, 1.54) is 39.0 Å². The Hall–Kier alpha value is -0.120. The zero-order chi connectivity index (χ0) is 8.39. The van der Waals surface area contributed by atoms with E-state index in [-0.39, 0.29) is 0 Å². The van der Waals surface area contributed by atoms with E-state index in [1.54, 1.807) is 0 Å². The predicted octanol–water partition coefficient (Wildman–Crippen LogP) is -0.358. The van der Waals surface area contributed by atoms with Crippen molar-refractivity contribution in [1.29, 1.82) is 0 Å². The molecule has 0 aliphatic carbocycles. The second kappa shape index (κ2) is 3.73. The summed E-state index contributed by atoms with van der Waals surface area (Å²) in [5.41, 5.74) is 0. The maximum atomic E-state index is 3.36. The molecule has 0 saturated carbocycles. The Balaban J connectivity index is 1.74. The van der Waals surface area contributed by atoms with Gasteiger partial charge in [-0.3, -0.25) is 4.90 Å². The predicted molar refractivity (Wildman–Crippen MR) is 50.3 cm³/mol. The molecule has 2 aliphatic heterocycles. The summed E-state index contributed by atoms with van der Waals surface area (Å²) in [5.74, 6) is 0. The van der Waals surface area contributed by atoms with Gasteiger partial charge in [-0.2, -0.15) is 0 Å². The molecule has 0 atom stereocenters. The number of piperidine rings is 1. The van der Waals surface area contributed by atoms with E-state index >= 15 is 0 Å². The number of nitrogens with one attached hydrogen (secondary N) is 2. The van der Waals surface area contributed by atoms with Crippen LogP contribution in [0.3, 0.4) is 0 Å². The van der Waals surface area contributed by atoms with Crippen LogP contribution in [-0.4, -0.2) is 50.2 Å². The molecule has 0 spiro atoms. The quantitative estimate of drug-likeness (QED) is 0.591. The molecule has 0 radical (unpaired) electrons. The lowest BCUT2D eigenvalue weighted by Gasteiger charge is -2.42. The fraction of sp³-hybridized carbons (Fsp3) is 1.00. The van der Waals surface area contributed by atoms with E-state index in [1.807, 2.05) is 0 Å². The summed E-state index contributed by atoms with van der Waals surface area (Å²) in [7, 11) is 2.07. The Morgan fingerprint density at radius 1 is 1.25 bits per heavy atom. The molecule has 0 unspecified atom stereocenters. The summed E-state index contributed by atoms with van der Waals surface area (Å²) in [4.78, 5) is 2.63. The van der Waals surface area contributed by atoms with Crippen LogP contribution in [0.25, 0.3) is 0 Å². The zero-order valence-electron chi connectivity index (χ0n) is 7.84. The summed E-state index contributed by atoms with van der Waals surface area (Å²) in [5, 5.41) is 6.68. The highest BCUT2D eigenvalue weighted by atomic mass is 15.2. The van der Waals surface area contributed by atoms with E-state index < -0.39 is 0 Å². The van der Waals surface area contributed by atoms with Crippen molar-refractivity contribution in [3.8, 4) is 0 Å². The molecule has 2 rings (SSSR count). The normalized spacial score (nSPS) is 28.8. The molecule has 0 amide bonds. The summed E-state index contributed by atoms with van der Waals surface area (Å²) in [6.07, 6.45) is 2.65. The lowest BCUT2D eigenvalue weighted by Crippen LogP contribution is -2.59. The third kappa shape index (κ3) is 1.63. The van der Waals surface area contributed by atoms with Crippen LogP contribution in [0.4, 0.5) is 0 Å². The van der Waals surface area contributed by atoms with E-state index in [9.17, 15) is 0 Å². The molecule has 12 heavy (non-hydrogen) atoms. The van der Waals surface area contributed by atoms with Crippen LogP contribution in [0.5, 0.6) is 0 Å². The van der Waals surface area contributed by atoms with Crippen molar-refractivity contribution in [3.05, 3.63) is 0 Å². The van der Waals surface area contributed by atoms with Gasteiger partial charge < -0.3 is 10.6 Å². The van der Waals surface area contributed by atoms with Crippen LogP contribution in [0.1, 0.15) is 12.8 Å². The van der Waals surface area contributed by atoms with E-state index in [4.69, 9.17) is 0 Å². The van der Waals surface area contributed by atoms with Gasteiger partial charge in [0.1, 0.15) is 0 Å². The van der Waals surface area contributed by atoms with Gasteiger partial charge in [0.25, 0.3) is 0 Å². The Labute approximate surface area is 74.5 Å². The fourth-order valence-electron chi connectivity index (χ4n) is 2.08. The number of likely N-dealkylation sites (tertiary alicyclic amines) is 1. The standard InChI is InChI=1S/C9H19N3/c1-10-8-2-4-12(5-3-8)9-6-11-7-9/h8-11H,2-7H2,1H3. The second-order valence-corrected chi connectivity index (χ2v) is 3.91. The first-order chi connectivity index (χ1) is 5.90. The summed E-state index contributed by atoms with van der Waals surface area (Å²) in [6, 6.07) is 1.62. The first-order valence-corrected chi connectivity index (χ1v) is 5.02. The van der Waals surface area contributed by atoms with Crippen molar-refractivity contribution in [3.63, 3.8) is 0 Å². The van der Waals surface area contributed by atoms with Crippen LogP contribution >= 0.6 is 0 Å². The smallest absolute Gasteiger partial charge is 0.0345 e. The Kier molecular flexibility index (Phi) is 2.63. The van der Waals surface area contributed by atoms with E-state index in [0.717, 1.165) is 12.1 Å². The summed E-state index contributed by atoms with van der Waals surface area (Å²) >= 11 is 0. The van der Waals surface area contributed by atoms with Crippen molar-refractivity contribution in [1.82, 2.24) is 15.5 Å². The average molecular weight is 169 g/mol. The van der Waals surface area contributed by atoms with Gasteiger partial charge in [-0.05, 0) is 19.9 Å². The van der Waals surface area contributed by atoms with E-state index in [0.29, 0.717) is 0 Å². The molecular weight excluding hydrogens is 150 g/mol. The van der Waals surface area contributed by atoms with Gasteiger partial charge in [-0.1, -0.05) is 0 Å². The maximum Gasteiger partial charge on any atom is 0.0345 e. The molecule has 0 aromatic heterocycles. The van der Waals surface area contributed by atoms with E-state index in [2.05, 4.69) is 22.6 Å². The molecule has 2 aliphatic rings. The van der Waals surface area contributed by atoms with Crippen molar-refractivity contribution in [2.75, 3.05) is 33.2 Å². The third-order valence-electron chi connectivity index (χ3n) is 3.21. The Morgan fingerprint density at radius 2 is 1.92 bits per heavy atom. The van der Waals surface area contributed by atoms with Crippen LogP contribution in [0, 0.1) is 0 Å². The topological polar surface area (TPSA) is 27.3 Å². The number of nitrogens with zero attached hydrogens (tertiary/aromatic N) is 1. The average Bonchev–Trinajstić information content (AvgIpc) is 2.03. The van der Waals surface area contributed by atoms with Crippen molar-refractivity contribution < 1.29 is 0 Å². The summed E-state index contributed by atoms with van der Waals surface area (Å²) in [6.45, 7) is 5.00. The Morgan fingerprint density at radius 3 is 2.33 bits per heavy atom. The molecule has 0 aromatic rings. The highest BCUT2D eigenvalue weighted by Gasteiger charge is 2.27. The minimum absolute atomic E-state index is 0.772. The second-order valence-electron chi connectivity index (χ2n) is 3.91. The molecule has 0 bridgehead atoms. The van der Waals surface area contributed by atoms with Crippen LogP contribution in [0.15, 0.2) is 0 Å². The number of rotatable bonds is 2. The first kappa shape index (κ1) is 8.48. The maximum absolute atomic E-state index is 3.36. The van der Waals surface area contributed by atoms with Gasteiger partial charge >= 0.3 is 0 Å². The molecule has 2 saturated heterocycles. The molecular formula is C9H19N3. The van der Waals surface area contributed by atoms with Gasteiger partial charge in [-0.25, -0.2) is 0 Å². The van der Waals surface area contributed by atoms with Gasteiger partial charge in [0, 0.05) is 38.3 Å². The highest BCUT2D eigenvalue weighted by molar-refractivity contribution is 4.88. The highest BCUT2D eigenvalue weighted by Crippen LogP contribution is 2.14. The molecule has 2 heterocycles. The molecule has 0 aromatic carbocycles. The van der Waals surface area contributed by atoms with Gasteiger partial charge in [-0.15, -0.1) is 0 Å². The number of hydrogen-bond donors (Lipinski definition) is 2. The minimum atomic E-state index is 0.772. The lowest BCUT2D eigenvalue weighted by molar-refractivity contribution is 0.109. The van der Waals surface area contributed by atoms with Crippen LogP contribution < -0.4 is 10.6 Å². The summed E-state index contributed by atoms with van der Waals surface area (Å²) < 4.78 is 0. The molecule has 2 N–H and O–H groups in total. The fourth-order valence-corrected chi connectivity index (χ4v) is 2.08. The lowest BCUT2D eigenvalue weighted by atomic mass is 10.0. The molecule has 3 nitrogen and oxygen atoms in total. The Bertz CT molecular complexity index is 137. The molecule has 2 fully saturated rings. The van der Waals surface area contributed by atoms with Gasteiger partial charge in [0.15, 0.2) is 0 Å². The van der Waals surface area contributed by atoms with Gasteiger partial charge in [0.2, 0.25) is 0 Å². The monoisotopic (exact) mass is 169 g/mol. The van der Waals surface area contributed by atoms with Crippen LogP contribution in [0.2, 0.25) is 0 Å². The zero-order valence-corrected chi connectivity index (χ0v) is 7.84. The van der Waals surface area contributed by atoms with Crippen LogP contribution in [-0.2, 0) is 0 Å². The SMILES string of the molecule is CNC1CCN(C2CNC2)CC1. The minimum Gasteiger partial charge on any atom is -0.317 e. The van der Waals surface area contributed by atoms with Gasteiger partial charge in [0.05, 0.1) is 0 Å². The number of hydrogen-bond acceptors (Lipinski definition) is 3. The molecule has 3 heteroatoms. The van der Waals surface area contributed by atoms with Crippen molar-refractivity contribution >= 4 is 0 Å². The first-order valence-electron chi connectivity index (χ1n) is 5.02. The van der Waals surface area contributed by atoms with Crippen molar-refractivity contribution in [2.45, 2.75) is 24.9 Å². The largest absolute Gasteiger partial charge is 0.317 e. The molecule has 70 valence electrons. The van der Waals surface area contributed by atoms with Crippen molar-refractivity contribution in [2.24, 2.45) is 0 Å².